The minimum atomic E-state index is -3.16. The minimum absolute atomic E-state index is 0.0385. The molecule has 4 nitrogen and oxygen atoms in total. The second kappa shape index (κ2) is 5.92. The molecule has 19 heavy (non-hydrogen) atoms. The number of methoxy groups -OCH3 is 1. The first kappa shape index (κ1) is 14.3. The van der Waals surface area contributed by atoms with Gasteiger partial charge < -0.3 is 4.74 Å². The van der Waals surface area contributed by atoms with Gasteiger partial charge in [0.1, 0.15) is 5.75 Å². The largest absolute Gasteiger partial charge is 0.497 e. The molecule has 0 aromatic heterocycles. The van der Waals surface area contributed by atoms with Crippen LogP contribution in [0.4, 0.5) is 0 Å². The summed E-state index contributed by atoms with van der Waals surface area (Å²) in [6, 6.07) is 7.67. The van der Waals surface area contributed by atoms with Crippen molar-refractivity contribution in [3.8, 4) is 5.75 Å². The molecule has 0 spiro atoms. The van der Waals surface area contributed by atoms with Crippen molar-refractivity contribution in [2.45, 2.75) is 31.7 Å². The van der Waals surface area contributed by atoms with Gasteiger partial charge >= 0.3 is 0 Å². The van der Waals surface area contributed by atoms with Crippen LogP contribution in [0.15, 0.2) is 24.3 Å². The molecule has 2 rings (SSSR count). The average molecular weight is 283 g/mol. The summed E-state index contributed by atoms with van der Waals surface area (Å²) in [5, 5.41) is 0. The van der Waals surface area contributed by atoms with E-state index in [1.807, 2.05) is 24.3 Å². The summed E-state index contributed by atoms with van der Waals surface area (Å²) in [6.45, 7) is 0.621. The number of nitrogens with zero attached hydrogens (tertiary/aromatic N) is 1. The van der Waals surface area contributed by atoms with Crippen LogP contribution in [-0.2, 0) is 10.0 Å². The Morgan fingerprint density at radius 3 is 2.42 bits per heavy atom. The highest BCUT2D eigenvalue weighted by Gasteiger charge is 2.29. The lowest BCUT2D eigenvalue weighted by Crippen LogP contribution is -2.33. The first-order valence-electron chi connectivity index (χ1n) is 6.63. The van der Waals surface area contributed by atoms with Crippen LogP contribution in [0, 0.1) is 0 Å². The van der Waals surface area contributed by atoms with Crippen LogP contribution in [0.2, 0.25) is 0 Å². The third kappa shape index (κ3) is 3.48. The summed E-state index contributed by atoms with van der Waals surface area (Å²) in [5.41, 5.74) is 1.05. The molecule has 0 bridgehead atoms. The Morgan fingerprint density at radius 1 is 1.16 bits per heavy atom. The van der Waals surface area contributed by atoms with Crippen molar-refractivity contribution in [2.75, 3.05) is 19.9 Å². The van der Waals surface area contributed by atoms with Crippen molar-refractivity contribution in [3.63, 3.8) is 0 Å². The van der Waals surface area contributed by atoms with E-state index >= 15 is 0 Å². The summed E-state index contributed by atoms with van der Waals surface area (Å²) >= 11 is 0. The third-order valence-corrected chi connectivity index (χ3v) is 4.92. The van der Waals surface area contributed by atoms with E-state index in [2.05, 4.69) is 0 Å². The van der Waals surface area contributed by atoms with Crippen molar-refractivity contribution in [3.05, 3.63) is 29.8 Å². The fourth-order valence-corrected chi connectivity index (χ4v) is 3.79. The molecule has 0 saturated carbocycles. The molecule has 106 valence electrons. The average Bonchev–Trinajstić information content (AvgIpc) is 2.64. The van der Waals surface area contributed by atoms with Gasteiger partial charge in [0.25, 0.3) is 0 Å². The summed E-state index contributed by atoms with van der Waals surface area (Å²) in [7, 11) is -1.53. The highest BCUT2D eigenvalue weighted by Crippen LogP contribution is 2.32. The minimum Gasteiger partial charge on any atom is -0.497 e. The second-order valence-electron chi connectivity index (χ2n) is 5.01. The Morgan fingerprint density at radius 2 is 1.84 bits per heavy atom. The van der Waals surface area contributed by atoms with Crippen LogP contribution >= 0.6 is 0 Å². The summed E-state index contributed by atoms with van der Waals surface area (Å²) in [6.07, 6.45) is 5.30. The van der Waals surface area contributed by atoms with E-state index in [1.54, 1.807) is 11.4 Å². The van der Waals surface area contributed by atoms with Crippen LogP contribution < -0.4 is 4.74 Å². The lowest BCUT2D eigenvalue weighted by molar-refractivity contribution is 0.331. The quantitative estimate of drug-likeness (QED) is 0.856. The zero-order chi connectivity index (χ0) is 13.9. The predicted octanol–water partition coefficient (Wildman–Crippen LogP) is 2.57. The number of benzene rings is 1. The standard InChI is InChI=1S/C14H21NO3S/c1-18-13-9-7-12(8-10-13)14-6-4-3-5-11-15(14)19(2,16)17/h7-10,14H,3-6,11H2,1-2H3. The number of sulfonamides is 1. The van der Waals surface area contributed by atoms with E-state index in [1.165, 1.54) is 6.26 Å². The summed E-state index contributed by atoms with van der Waals surface area (Å²) < 4.78 is 30.7. The lowest BCUT2D eigenvalue weighted by Gasteiger charge is -2.28. The molecule has 1 unspecified atom stereocenters. The maximum absolute atomic E-state index is 11.9. The van der Waals surface area contributed by atoms with Gasteiger partial charge in [-0.1, -0.05) is 25.0 Å². The van der Waals surface area contributed by atoms with Gasteiger partial charge in [0.15, 0.2) is 0 Å². The van der Waals surface area contributed by atoms with E-state index < -0.39 is 10.0 Å². The van der Waals surface area contributed by atoms with Crippen molar-refractivity contribution in [2.24, 2.45) is 0 Å². The predicted molar refractivity (Wildman–Crippen MR) is 75.8 cm³/mol. The van der Waals surface area contributed by atoms with Gasteiger partial charge in [0.05, 0.1) is 13.4 Å². The van der Waals surface area contributed by atoms with Crippen molar-refractivity contribution >= 4 is 10.0 Å². The first-order chi connectivity index (χ1) is 9.02. The number of ether oxygens (including phenoxy) is 1. The SMILES string of the molecule is COc1ccc(C2CCCCCN2S(C)(=O)=O)cc1. The van der Waals surface area contributed by atoms with E-state index in [9.17, 15) is 8.42 Å². The molecule has 0 radical (unpaired) electrons. The van der Waals surface area contributed by atoms with Crippen LogP contribution in [-0.4, -0.2) is 32.6 Å². The van der Waals surface area contributed by atoms with Crippen LogP contribution in [0.1, 0.15) is 37.3 Å². The van der Waals surface area contributed by atoms with Crippen molar-refractivity contribution in [1.29, 1.82) is 0 Å². The molecule has 1 aliphatic rings. The Hall–Kier alpha value is -1.07. The molecule has 1 aliphatic heterocycles. The fourth-order valence-electron chi connectivity index (χ4n) is 2.64. The van der Waals surface area contributed by atoms with E-state index in [-0.39, 0.29) is 6.04 Å². The smallest absolute Gasteiger partial charge is 0.211 e. The van der Waals surface area contributed by atoms with Gasteiger partial charge in [-0.2, -0.15) is 4.31 Å². The molecule has 1 fully saturated rings. The van der Waals surface area contributed by atoms with Crippen LogP contribution in [0.5, 0.6) is 5.75 Å². The maximum atomic E-state index is 11.9. The molecule has 0 amide bonds. The molecule has 1 saturated heterocycles. The van der Waals surface area contributed by atoms with Gasteiger partial charge in [0.2, 0.25) is 10.0 Å². The third-order valence-electron chi connectivity index (χ3n) is 3.63. The van der Waals surface area contributed by atoms with Crippen LogP contribution in [0.3, 0.4) is 0 Å². The van der Waals surface area contributed by atoms with Gasteiger partial charge in [-0.3, -0.25) is 0 Å². The molecule has 0 aliphatic carbocycles. The van der Waals surface area contributed by atoms with Gasteiger partial charge in [-0.15, -0.1) is 0 Å². The lowest BCUT2D eigenvalue weighted by atomic mass is 10.0. The number of hydrogen-bond donors (Lipinski definition) is 0. The van der Waals surface area contributed by atoms with Gasteiger partial charge in [-0.05, 0) is 30.5 Å². The van der Waals surface area contributed by atoms with E-state index in [0.717, 1.165) is 37.0 Å². The highest BCUT2D eigenvalue weighted by atomic mass is 32.2. The molecule has 5 heteroatoms. The Labute approximate surface area is 115 Å². The molecule has 1 aromatic carbocycles. The molecular formula is C14H21NO3S. The summed E-state index contributed by atoms with van der Waals surface area (Å²) in [5.74, 6) is 0.795. The Bertz CT molecular complexity index is 510. The Balaban J connectivity index is 2.31. The van der Waals surface area contributed by atoms with Crippen molar-refractivity contribution in [1.82, 2.24) is 4.31 Å². The summed E-state index contributed by atoms with van der Waals surface area (Å²) in [4.78, 5) is 0. The molecule has 1 atom stereocenters. The van der Waals surface area contributed by atoms with E-state index in [4.69, 9.17) is 4.74 Å². The molecule has 0 N–H and O–H groups in total. The molecular weight excluding hydrogens is 262 g/mol. The second-order valence-corrected chi connectivity index (χ2v) is 6.95. The maximum Gasteiger partial charge on any atom is 0.211 e. The van der Waals surface area contributed by atoms with Gasteiger partial charge in [0, 0.05) is 12.6 Å². The zero-order valence-electron chi connectivity index (χ0n) is 11.5. The highest BCUT2D eigenvalue weighted by molar-refractivity contribution is 7.88. The number of rotatable bonds is 3. The monoisotopic (exact) mass is 283 g/mol. The molecule has 1 heterocycles. The molecule has 1 aromatic rings. The van der Waals surface area contributed by atoms with E-state index in [0.29, 0.717) is 6.54 Å². The fraction of sp³-hybridized carbons (Fsp3) is 0.571. The normalized spacial score (nSPS) is 21.9. The topological polar surface area (TPSA) is 46.6 Å². The van der Waals surface area contributed by atoms with Crippen LogP contribution in [0.25, 0.3) is 0 Å². The first-order valence-corrected chi connectivity index (χ1v) is 8.48. The zero-order valence-corrected chi connectivity index (χ0v) is 12.3. The number of hydrogen-bond acceptors (Lipinski definition) is 3. The van der Waals surface area contributed by atoms with Gasteiger partial charge in [-0.25, -0.2) is 8.42 Å². The van der Waals surface area contributed by atoms with Crippen molar-refractivity contribution < 1.29 is 13.2 Å². The Kier molecular flexibility index (Phi) is 4.47.